The SMILES string of the molecule is O[C@H](CN1CCN(c2nccs2)CC1)c1cccc(F)c1. The Morgan fingerprint density at radius 2 is 2.10 bits per heavy atom. The minimum Gasteiger partial charge on any atom is -0.387 e. The molecule has 3 rings (SSSR count). The number of aliphatic hydroxyl groups is 1. The largest absolute Gasteiger partial charge is 0.387 e. The topological polar surface area (TPSA) is 39.6 Å². The van der Waals surface area contributed by atoms with E-state index in [0.29, 0.717) is 12.1 Å². The van der Waals surface area contributed by atoms with Gasteiger partial charge in [0.25, 0.3) is 0 Å². The number of nitrogens with zero attached hydrogens (tertiary/aromatic N) is 3. The molecular weight excluding hydrogens is 289 g/mol. The van der Waals surface area contributed by atoms with Crippen LogP contribution in [0.1, 0.15) is 11.7 Å². The van der Waals surface area contributed by atoms with Crippen LogP contribution in [0.4, 0.5) is 9.52 Å². The molecule has 1 N–H and O–H groups in total. The molecule has 0 amide bonds. The van der Waals surface area contributed by atoms with Crippen molar-refractivity contribution >= 4 is 16.5 Å². The predicted octanol–water partition coefficient (Wildman–Crippen LogP) is 2.14. The minimum atomic E-state index is -0.646. The molecular formula is C15H18FN3OS. The van der Waals surface area contributed by atoms with E-state index in [1.54, 1.807) is 23.5 Å². The number of hydrogen-bond acceptors (Lipinski definition) is 5. The lowest BCUT2D eigenvalue weighted by atomic mass is 10.1. The molecule has 21 heavy (non-hydrogen) atoms. The Bertz CT molecular complexity index is 570. The fourth-order valence-electron chi connectivity index (χ4n) is 2.56. The van der Waals surface area contributed by atoms with E-state index < -0.39 is 6.10 Å². The van der Waals surface area contributed by atoms with Gasteiger partial charge >= 0.3 is 0 Å². The first-order chi connectivity index (χ1) is 10.2. The number of piperazine rings is 1. The lowest BCUT2D eigenvalue weighted by Gasteiger charge is -2.35. The molecule has 1 saturated heterocycles. The van der Waals surface area contributed by atoms with Crippen molar-refractivity contribution < 1.29 is 9.50 Å². The van der Waals surface area contributed by atoms with Crippen LogP contribution in [0.25, 0.3) is 0 Å². The second-order valence-electron chi connectivity index (χ2n) is 5.17. The Morgan fingerprint density at radius 3 is 2.76 bits per heavy atom. The van der Waals surface area contributed by atoms with Crippen LogP contribution < -0.4 is 4.90 Å². The highest BCUT2D eigenvalue weighted by molar-refractivity contribution is 7.13. The van der Waals surface area contributed by atoms with Gasteiger partial charge in [0.15, 0.2) is 5.13 Å². The van der Waals surface area contributed by atoms with Crippen LogP contribution in [0, 0.1) is 5.82 Å². The van der Waals surface area contributed by atoms with Crippen molar-refractivity contribution in [2.75, 3.05) is 37.6 Å². The fraction of sp³-hybridized carbons (Fsp3) is 0.400. The molecule has 1 aromatic carbocycles. The zero-order valence-corrected chi connectivity index (χ0v) is 12.5. The van der Waals surface area contributed by atoms with E-state index >= 15 is 0 Å². The second kappa shape index (κ2) is 6.51. The van der Waals surface area contributed by atoms with Crippen molar-refractivity contribution in [1.82, 2.24) is 9.88 Å². The van der Waals surface area contributed by atoms with Crippen molar-refractivity contribution in [2.24, 2.45) is 0 Å². The Hall–Kier alpha value is -1.50. The number of hydrogen-bond donors (Lipinski definition) is 1. The van der Waals surface area contributed by atoms with Gasteiger partial charge in [-0.2, -0.15) is 0 Å². The summed E-state index contributed by atoms with van der Waals surface area (Å²) in [6, 6.07) is 6.19. The highest BCUT2D eigenvalue weighted by Gasteiger charge is 2.21. The number of aromatic nitrogens is 1. The molecule has 0 bridgehead atoms. The van der Waals surface area contributed by atoms with Gasteiger partial charge in [0, 0.05) is 44.3 Å². The first kappa shape index (κ1) is 14.4. The van der Waals surface area contributed by atoms with Crippen molar-refractivity contribution in [3.05, 3.63) is 47.2 Å². The summed E-state index contributed by atoms with van der Waals surface area (Å²) in [7, 11) is 0. The third-order valence-electron chi connectivity index (χ3n) is 3.73. The maximum Gasteiger partial charge on any atom is 0.185 e. The summed E-state index contributed by atoms with van der Waals surface area (Å²) in [6.45, 7) is 4.11. The summed E-state index contributed by atoms with van der Waals surface area (Å²) in [5, 5.41) is 13.3. The Kier molecular flexibility index (Phi) is 4.48. The lowest BCUT2D eigenvalue weighted by molar-refractivity contribution is 0.109. The number of anilines is 1. The van der Waals surface area contributed by atoms with Gasteiger partial charge < -0.3 is 10.0 Å². The highest BCUT2D eigenvalue weighted by Crippen LogP contribution is 2.20. The van der Waals surface area contributed by atoms with E-state index in [9.17, 15) is 9.50 Å². The molecule has 0 spiro atoms. The van der Waals surface area contributed by atoms with E-state index in [4.69, 9.17) is 0 Å². The van der Waals surface area contributed by atoms with E-state index in [2.05, 4.69) is 14.8 Å². The fourth-order valence-corrected chi connectivity index (χ4v) is 3.25. The summed E-state index contributed by atoms with van der Waals surface area (Å²) >= 11 is 1.65. The number of thiazole rings is 1. The monoisotopic (exact) mass is 307 g/mol. The standard InChI is InChI=1S/C15H18FN3OS/c16-13-3-1-2-12(10-13)14(20)11-18-5-7-19(8-6-18)15-17-4-9-21-15/h1-4,9-10,14,20H,5-8,11H2/t14-/m1/s1. The molecule has 0 unspecified atom stereocenters. The van der Waals surface area contributed by atoms with Gasteiger partial charge in [-0.15, -0.1) is 11.3 Å². The smallest absolute Gasteiger partial charge is 0.185 e. The summed E-state index contributed by atoms with van der Waals surface area (Å²) < 4.78 is 13.2. The van der Waals surface area contributed by atoms with Crippen LogP contribution in [-0.4, -0.2) is 47.7 Å². The summed E-state index contributed by atoms with van der Waals surface area (Å²) in [6.07, 6.45) is 1.17. The molecule has 1 aliphatic heterocycles. The quantitative estimate of drug-likeness (QED) is 0.939. The van der Waals surface area contributed by atoms with Crippen molar-refractivity contribution in [3.63, 3.8) is 0 Å². The molecule has 112 valence electrons. The van der Waals surface area contributed by atoms with Gasteiger partial charge in [0.05, 0.1) is 6.10 Å². The van der Waals surface area contributed by atoms with Crippen LogP contribution in [0.3, 0.4) is 0 Å². The second-order valence-corrected chi connectivity index (χ2v) is 6.05. The molecule has 4 nitrogen and oxygen atoms in total. The molecule has 2 aromatic rings. The first-order valence-electron chi connectivity index (χ1n) is 7.03. The van der Waals surface area contributed by atoms with Crippen LogP contribution in [0.15, 0.2) is 35.8 Å². The van der Waals surface area contributed by atoms with Crippen LogP contribution in [0.5, 0.6) is 0 Å². The van der Waals surface area contributed by atoms with E-state index in [1.807, 2.05) is 11.6 Å². The van der Waals surface area contributed by atoms with Gasteiger partial charge in [-0.1, -0.05) is 12.1 Å². The molecule has 6 heteroatoms. The summed E-state index contributed by atoms with van der Waals surface area (Å²) in [5.74, 6) is -0.305. The molecule has 2 heterocycles. The predicted molar refractivity (Wildman–Crippen MR) is 82.1 cm³/mol. The van der Waals surface area contributed by atoms with Gasteiger partial charge in [0.2, 0.25) is 0 Å². The number of aliphatic hydroxyl groups excluding tert-OH is 1. The molecule has 1 aliphatic rings. The normalized spacial score (nSPS) is 17.9. The zero-order valence-electron chi connectivity index (χ0n) is 11.7. The van der Waals surface area contributed by atoms with E-state index in [1.165, 1.54) is 12.1 Å². The van der Waals surface area contributed by atoms with Gasteiger partial charge in [-0.05, 0) is 17.7 Å². The third kappa shape index (κ3) is 3.58. The lowest BCUT2D eigenvalue weighted by Crippen LogP contribution is -2.47. The molecule has 0 aliphatic carbocycles. The van der Waals surface area contributed by atoms with Crippen molar-refractivity contribution in [2.45, 2.75) is 6.10 Å². The Morgan fingerprint density at radius 1 is 1.29 bits per heavy atom. The molecule has 1 aromatic heterocycles. The summed E-state index contributed by atoms with van der Waals surface area (Å²) in [4.78, 5) is 8.79. The van der Waals surface area contributed by atoms with Crippen LogP contribution in [-0.2, 0) is 0 Å². The highest BCUT2D eigenvalue weighted by atomic mass is 32.1. The summed E-state index contributed by atoms with van der Waals surface area (Å²) in [5.41, 5.74) is 0.636. The third-order valence-corrected chi connectivity index (χ3v) is 4.56. The zero-order chi connectivity index (χ0) is 14.7. The average molecular weight is 307 g/mol. The Balaban J connectivity index is 1.53. The van der Waals surface area contributed by atoms with E-state index in [-0.39, 0.29) is 5.82 Å². The number of β-amino-alcohol motifs (C(OH)–C–C–N with tert-alkyl or cyclic N) is 1. The Labute approximate surface area is 127 Å². The first-order valence-corrected chi connectivity index (χ1v) is 7.90. The molecule has 1 atom stereocenters. The number of benzene rings is 1. The van der Waals surface area contributed by atoms with Crippen molar-refractivity contribution in [1.29, 1.82) is 0 Å². The van der Waals surface area contributed by atoms with E-state index in [0.717, 1.165) is 31.3 Å². The minimum absolute atomic E-state index is 0.305. The van der Waals surface area contributed by atoms with Crippen LogP contribution >= 0.6 is 11.3 Å². The number of halogens is 1. The molecule has 1 fully saturated rings. The maximum atomic E-state index is 13.2. The van der Waals surface area contributed by atoms with Crippen LogP contribution in [0.2, 0.25) is 0 Å². The van der Waals surface area contributed by atoms with Crippen molar-refractivity contribution in [3.8, 4) is 0 Å². The van der Waals surface area contributed by atoms with Gasteiger partial charge in [-0.3, -0.25) is 4.90 Å². The molecule has 0 radical (unpaired) electrons. The van der Waals surface area contributed by atoms with Gasteiger partial charge in [0.1, 0.15) is 5.82 Å². The van der Waals surface area contributed by atoms with Gasteiger partial charge in [-0.25, -0.2) is 9.37 Å². The molecule has 0 saturated carbocycles. The average Bonchev–Trinajstić information content (AvgIpc) is 3.02. The maximum absolute atomic E-state index is 13.2. The number of rotatable bonds is 4.